The zero-order chi connectivity index (χ0) is 16.3. The number of unbranched alkanes of at least 4 members (excludes halogenated alkanes) is 7. The predicted molar refractivity (Wildman–Crippen MR) is 96.1 cm³/mol. The van der Waals surface area contributed by atoms with Gasteiger partial charge >= 0.3 is 5.97 Å². The number of rotatable bonds is 15. The second kappa shape index (κ2) is 17.7. The van der Waals surface area contributed by atoms with Gasteiger partial charge in [-0.15, -0.1) is 0 Å². The molecule has 0 radical (unpaired) electrons. The lowest BCUT2D eigenvalue weighted by Gasteiger charge is -1.99. The summed E-state index contributed by atoms with van der Waals surface area (Å²) in [5.41, 5.74) is 0. The molecule has 0 rings (SSSR count). The number of carboxylic acid groups (broad SMARTS) is 1. The Hall–Kier alpha value is -1.31. The molecular formula is C20H34O2. The summed E-state index contributed by atoms with van der Waals surface area (Å²) in [5, 5.41) is 8.49. The van der Waals surface area contributed by atoms with E-state index in [2.05, 4.69) is 31.2 Å². The lowest BCUT2D eigenvalue weighted by molar-refractivity contribution is -0.136. The summed E-state index contributed by atoms with van der Waals surface area (Å²) in [7, 11) is 0. The molecular weight excluding hydrogens is 272 g/mol. The summed E-state index contributed by atoms with van der Waals surface area (Å²) in [6, 6.07) is 0. The molecule has 0 unspecified atom stereocenters. The minimum absolute atomic E-state index is 0.231. The van der Waals surface area contributed by atoms with Gasteiger partial charge in [0, 0.05) is 6.42 Å². The zero-order valence-electron chi connectivity index (χ0n) is 14.3. The van der Waals surface area contributed by atoms with Gasteiger partial charge in [-0.1, -0.05) is 69.1 Å². The maximum absolute atomic E-state index is 10.3. The van der Waals surface area contributed by atoms with E-state index in [0.717, 1.165) is 12.8 Å². The maximum atomic E-state index is 10.3. The summed E-state index contributed by atoms with van der Waals surface area (Å²) in [5.74, 6) is -0.724. The fourth-order valence-electron chi connectivity index (χ4n) is 2.23. The summed E-state index contributed by atoms with van der Waals surface area (Å²) >= 11 is 0. The highest BCUT2D eigenvalue weighted by Crippen LogP contribution is 2.09. The molecule has 0 heterocycles. The number of aliphatic carboxylic acids is 1. The lowest BCUT2D eigenvalue weighted by Crippen LogP contribution is -1.91. The van der Waals surface area contributed by atoms with Gasteiger partial charge in [-0.2, -0.15) is 0 Å². The largest absolute Gasteiger partial charge is 0.481 e. The monoisotopic (exact) mass is 306 g/mol. The Balaban J connectivity index is 3.20. The molecule has 1 N–H and O–H groups in total. The van der Waals surface area contributed by atoms with E-state index in [1.807, 2.05) is 12.2 Å². The molecule has 126 valence electrons. The zero-order valence-corrected chi connectivity index (χ0v) is 14.3. The van der Waals surface area contributed by atoms with Crippen molar-refractivity contribution in [2.75, 3.05) is 0 Å². The van der Waals surface area contributed by atoms with Crippen LogP contribution in [-0.2, 0) is 4.79 Å². The highest BCUT2D eigenvalue weighted by molar-refractivity contribution is 5.66. The Morgan fingerprint density at radius 2 is 1.23 bits per heavy atom. The molecule has 0 amide bonds. The molecule has 0 saturated carbocycles. The molecule has 0 aliphatic rings. The van der Waals surface area contributed by atoms with Crippen LogP contribution in [0.15, 0.2) is 36.5 Å². The van der Waals surface area contributed by atoms with Crippen LogP contribution in [0.4, 0.5) is 0 Å². The quantitative estimate of drug-likeness (QED) is 0.279. The third-order valence-electron chi connectivity index (χ3n) is 3.52. The van der Waals surface area contributed by atoms with E-state index < -0.39 is 5.97 Å². The molecule has 0 atom stereocenters. The molecule has 0 bridgehead atoms. The fraction of sp³-hybridized carbons (Fsp3) is 0.650. The van der Waals surface area contributed by atoms with Crippen molar-refractivity contribution in [2.24, 2.45) is 0 Å². The van der Waals surface area contributed by atoms with E-state index in [-0.39, 0.29) is 6.42 Å². The molecule has 0 aliphatic heterocycles. The first kappa shape index (κ1) is 20.7. The molecule has 22 heavy (non-hydrogen) atoms. The van der Waals surface area contributed by atoms with Gasteiger partial charge in [0.05, 0.1) is 0 Å². The number of hydrogen-bond acceptors (Lipinski definition) is 1. The summed E-state index contributed by atoms with van der Waals surface area (Å²) in [6.45, 7) is 2.18. The minimum Gasteiger partial charge on any atom is -0.481 e. The van der Waals surface area contributed by atoms with Crippen LogP contribution in [0.5, 0.6) is 0 Å². The Labute approximate surface area is 137 Å². The van der Waals surface area contributed by atoms with Crippen LogP contribution in [0.3, 0.4) is 0 Å². The minimum atomic E-state index is -0.724. The van der Waals surface area contributed by atoms with Gasteiger partial charge in [-0.05, 0) is 44.9 Å². The van der Waals surface area contributed by atoms with E-state index >= 15 is 0 Å². The van der Waals surface area contributed by atoms with Crippen molar-refractivity contribution in [1.82, 2.24) is 0 Å². The Morgan fingerprint density at radius 3 is 1.77 bits per heavy atom. The Bertz CT molecular complexity index is 327. The number of hydrogen-bond donors (Lipinski definition) is 1. The first-order chi connectivity index (χ1) is 10.8. The molecule has 2 heteroatoms. The molecule has 0 fully saturated rings. The van der Waals surface area contributed by atoms with Crippen LogP contribution >= 0.6 is 0 Å². The van der Waals surface area contributed by atoms with Crippen LogP contribution < -0.4 is 0 Å². The average Bonchev–Trinajstić information content (AvgIpc) is 2.50. The third-order valence-corrected chi connectivity index (χ3v) is 3.52. The van der Waals surface area contributed by atoms with Crippen LogP contribution in [0.1, 0.15) is 84.0 Å². The van der Waals surface area contributed by atoms with Crippen molar-refractivity contribution >= 4 is 5.97 Å². The Kier molecular flexibility index (Phi) is 16.7. The number of carboxylic acids is 1. The van der Waals surface area contributed by atoms with Crippen molar-refractivity contribution in [3.8, 4) is 0 Å². The second-order valence-corrected chi connectivity index (χ2v) is 5.69. The van der Waals surface area contributed by atoms with E-state index in [4.69, 9.17) is 5.11 Å². The topological polar surface area (TPSA) is 37.3 Å². The number of allylic oxidation sites excluding steroid dienone is 6. The van der Waals surface area contributed by atoms with E-state index in [1.54, 1.807) is 0 Å². The van der Waals surface area contributed by atoms with Gasteiger partial charge in [0.25, 0.3) is 0 Å². The normalized spacial score (nSPS) is 12.0. The lowest BCUT2D eigenvalue weighted by atomic mass is 10.1. The van der Waals surface area contributed by atoms with Gasteiger partial charge in [-0.3, -0.25) is 4.79 Å². The van der Waals surface area contributed by atoms with Crippen molar-refractivity contribution in [1.29, 1.82) is 0 Å². The summed E-state index contributed by atoms with van der Waals surface area (Å²) < 4.78 is 0. The van der Waals surface area contributed by atoms with Gasteiger partial charge in [-0.25, -0.2) is 0 Å². The second-order valence-electron chi connectivity index (χ2n) is 5.69. The summed E-state index contributed by atoms with van der Waals surface area (Å²) in [6.07, 6.45) is 26.4. The van der Waals surface area contributed by atoms with Crippen molar-refractivity contribution in [2.45, 2.75) is 84.0 Å². The Morgan fingerprint density at radius 1 is 0.727 bits per heavy atom. The smallest absolute Gasteiger partial charge is 0.303 e. The van der Waals surface area contributed by atoms with Crippen LogP contribution in [0, 0.1) is 0 Å². The van der Waals surface area contributed by atoms with Crippen molar-refractivity contribution < 1.29 is 9.90 Å². The maximum Gasteiger partial charge on any atom is 0.303 e. The van der Waals surface area contributed by atoms with E-state index in [1.165, 1.54) is 51.4 Å². The molecule has 0 spiro atoms. The molecule has 0 aliphatic carbocycles. The number of carbonyl (C=O) groups is 1. The molecule has 2 nitrogen and oxygen atoms in total. The van der Waals surface area contributed by atoms with Crippen LogP contribution in [-0.4, -0.2) is 11.1 Å². The van der Waals surface area contributed by atoms with E-state index in [0.29, 0.717) is 6.42 Å². The highest BCUT2D eigenvalue weighted by Gasteiger charge is 1.91. The molecule has 0 aromatic rings. The van der Waals surface area contributed by atoms with Gasteiger partial charge in [0.15, 0.2) is 0 Å². The summed E-state index contributed by atoms with van der Waals surface area (Å²) in [4.78, 5) is 10.3. The van der Waals surface area contributed by atoms with Gasteiger partial charge in [0.2, 0.25) is 0 Å². The van der Waals surface area contributed by atoms with Crippen LogP contribution in [0.2, 0.25) is 0 Å². The average molecular weight is 306 g/mol. The van der Waals surface area contributed by atoms with Gasteiger partial charge in [0.1, 0.15) is 0 Å². The third kappa shape index (κ3) is 18.7. The van der Waals surface area contributed by atoms with Crippen molar-refractivity contribution in [3.05, 3.63) is 36.5 Å². The van der Waals surface area contributed by atoms with E-state index in [9.17, 15) is 4.79 Å². The predicted octanol–water partition coefficient (Wildman–Crippen LogP) is 6.44. The van der Waals surface area contributed by atoms with Gasteiger partial charge < -0.3 is 5.11 Å². The first-order valence-corrected chi connectivity index (χ1v) is 8.94. The molecule has 0 saturated heterocycles. The standard InChI is InChI=1S/C20H34O2/c1-2-3-4-5-6-7-8-9-10-11-12-13-14-15-16-17-18-19-20(21)22/h3-4,13-14,16-17H,2,5-12,15,18-19H2,1H3,(H,21,22). The van der Waals surface area contributed by atoms with Crippen molar-refractivity contribution in [3.63, 3.8) is 0 Å². The molecule has 0 aromatic carbocycles. The SMILES string of the molecule is CCC=CCCCCCCCCC=CCC=CCCC(=O)O. The first-order valence-electron chi connectivity index (χ1n) is 8.94. The molecule has 0 aromatic heterocycles. The highest BCUT2D eigenvalue weighted by atomic mass is 16.4. The fourth-order valence-corrected chi connectivity index (χ4v) is 2.23. The van der Waals surface area contributed by atoms with Crippen LogP contribution in [0.25, 0.3) is 0 Å².